The van der Waals surface area contributed by atoms with Crippen LogP contribution in [0, 0.1) is 0 Å². The fourth-order valence-corrected chi connectivity index (χ4v) is 2.07. The van der Waals surface area contributed by atoms with Crippen LogP contribution in [0.5, 0.6) is 5.75 Å². The zero-order valence-corrected chi connectivity index (χ0v) is 11.3. The van der Waals surface area contributed by atoms with Crippen molar-refractivity contribution in [2.45, 2.75) is 0 Å². The Balaban J connectivity index is 2.07. The van der Waals surface area contributed by atoms with Crippen molar-refractivity contribution >= 4 is 27.0 Å². The van der Waals surface area contributed by atoms with Crippen LogP contribution in [-0.4, -0.2) is 22.1 Å². The first-order chi connectivity index (χ1) is 8.76. The number of benzene rings is 2. The van der Waals surface area contributed by atoms with Crippen molar-refractivity contribution in [1.82, 2.24) is 15.0 Å². The molecule has 1 aromatic heterocycles. The first-order valence-electron chi connectivity index (χ1n) is 5.43. The van der Waals surface area contributed by atoms with E-state index < -0.39 is 0 Å². The quantitative estimate of drug-likeness (QED) is 0.730. The van der Waals surface area contributed by atoms with Crippen LogP contribution in [0.1, 0.15) is 0 Å². The number of aromatic nitrogens is 3. The molecule has 0 saturated carbocycles. The largest absolute Gasteiger partial charge is 0.497 e. The van der Waals surface area contributed by atoms with Crippen molar-refractivity contribution in [2.24, 2.45) is 0 Å². The molecule has 0 spiro atoms. The molecule has 0 N–H and O–H groups in total. The lowest BCUT2D eigenvalue weighted by molar-refractivity contribution is 0.414. The summed E-state index contributed by atoms with van der Waals surface area (Å²) in [5, 5.41) is 8.86. The van der Waals surface area contributed by atoms with Crippen LogP contribution in [0.15, 0.2) is 46.9 Å². The molecule has 0 aliphatic carbocycles. The van der Waals surface area contributed by atoms with Crippen LogP contribution in [0.4, 0.5) is 0 Å². The van der Waals surface area contributed by atoms with E-state index in [4.69, 9.17) is 4.74 Å². The van der Waals surface area contributed by atoms with Crippen LogP contribution in [-0.2, 0) is 0 Å². The summed E-state index contributed by atoms with van der Waals surface area (Å²) in [7, 11) is 1.65. The molecule has 5 heteroatoms. The first-order valence-corrected chi connectivity index (χ1v) is 6.22. The van der Waals surface area contributed by atoms with Crippen LogP contribution in [0.3, 0.4) is 0 Å². The molecule has 0 aliphatic rings. The van der Waals surface area contributed by atoms with E-state index in [0.717, 1.165) is 26.9 Å². The average Bonchev–Trinajstić information content (AvgIpc) is 2.81. The van der Waals surface area contributed by atoms with E-state index in [1.807, 2.05) is 42.5 Å². The number of fused-ring (bicyclic) bond motifs is 1. The molecule has 3 rings (SSSR count). The van der Waals surface area contributed by atoms with Gasteiger partial charge in [0.15, 0.2) is 0 Å². The molecule has 0 bridgehead atoms. The number of rotatable bonds is 2. The molecule has 0 unspecified atom stereocenters. The number of methoxy groups -OCH3 is 1. The molecule has 3 aromatic rings. The van der Waals surface area contributed by atoms with Crippen molar-refractivity contribution < 1.29 is 4.74 Å². The lowest BCUT2D eigenvalue weighted by Gasteiger charge is -2.01. The summed E-state index contributed by atoms with van der Waals surface area (Å²) < 4.78 is 6.12. The Bertz CT molecular complexity index is 691. The Labute approximate surface area is 112 Å². The topological polar surface area (TPSA) is 39.9 Å². The van der Waals surface area contributed by atoms with E-state index in [2.05, 4.69) is 26.1 Å². The third-order valence-electron chi connectivity index (χ3n) is 2.65. The maximum atomic E-state index is 5.12. The van der Waals surface area contributed by atoms with Gasteiger partial charge in [-0.05, 0) is 42.5 Å². The highest BCUT2D eigenvalue weighted by atomic mass is 79.9. The van der Waals surface area contributed by atoms with Gasteiger partial charge >= 0.3 is 0 Å². The summed E-state index contributed by atoms with van der Waals surface area (Å²) in [5.74, 6) is 0.818. The Morgan fingerprint density at radius 3 is 2.44 bits per heavy atom. The van der Waals surface area contributed by atoms with E-state index in [1.165, 1.54) is 0 Å². The van der Waals surface area contributed by atoms with Crippen molar-refractivity contribution in [1.29, 1.82) is 0 Å². The molecule has 0 atom stereocenters. The summed E-state index contributed by atoms with van der Waals surface area (Å²) in [6, 6.07) is 13.5. The minimum atomic E-state index is 0.818. The van der Waals surface area contributed by atoms with Crippen molar-refractivity contribution in [3.8, 4) is 11.4 Å². The molecule has 0 radical (unpaired) electrons. The van der Waals surface area contributed by atoms with Gasteiger partial charge in [-0.2, -0.15) is 4.80 Å². The average molecular weight is 304 g/mol. The SMILES string of the molecule is COc1ccc(-n2nc3ccc(Br)cc3n2)cc1. The zero-order chi connectivity index (χ0) is 12.5. The lowest BCUT2D eigenvalue weighted by Crippen LogP contribution is -1.98. The van der Waals surface area contributed by atoms with Gasteiger partial charge in [0.1, 0.15) is 16.8 Å². The van der Waals surface area contributed by atoms with Crippen molar-refractivity contribution in [3.63, 3.8) is 0 Å². The smallest absolute Gasteiger partial charge is 0.119 e. The first kappa shape index (κ1) is 11.2. The standard InChI is InChI=1S/C13H10BrN3O/c1-18-11-5-3-10(4-6-11)17-15-12-7-2-9(14)8-13(12)16-17/h2-8H,1H3. The minimum absolute atomic E-state index is 0.818. The van der Waals surface area contributed by atoms with E-state index in [1.54, 1.807) is 11.9 Å². The van der Waals surface area contributed by atoms with Gasteiger partial charge in [-0.3, -0.25) is 0 Å². The van der Waals surface area contributed by atoms with Crippen molar-refractivity contribution in [2.75, 3.05) is 7.11 Å². The molecule has 2 aromatic carbocycles. The predicted octanol–water partition coefficient (Wildman–Crippen LogP) is 3.19. The van der Waals surface area contributed by atoms with Crippen LogP contribution in [0.2, 0.25) is 0 Å². The molecular formula is C13H10BrN3O. The predicted molar refractivity (Wildman–Crippen MR) is 73.1 cm³/mol. The van der Waals surface area contributed by atoms with Gasteiger partial charge in [0, 0.05) is 4.47 Å². The van der Waals surface area contributed by atoms with Crippen molar-refractivity contribution in [3.05, 3.63) is 46.9 Å². The summed E-state index contributed by atoms with van der Waals surface area (Å²) >= 11 is 3.42. The highest BCUT2D eigenvalue weighted by Gasteiger charge is 2.04. The molecule has 0 saturated heterocycles. The summed E-state index contributed by atoms with van der Waals surface area (Å²) in [6.45, 7) is 0. The normalized spacial score (nSPS) is 10.8. The van der Waals surface area contributed by atoms with Gasteiger partial charge in [-0.1, -0.05) is 15.9 Å². The summed E-state index contributed by atoms with van der Waals surface area (Å²) in [6.07, 6.45) is 0. The monoisotopic (exact) mass is 303 g/mol. The second kappa shape index (κ2) is 4.42. The van der Waals surface area contributed by atoms with Gasteiger partial charge in [-0.25, -0.2) is 0 Å². The zero-order valence-electron chi connectivity index (χ0n) is 9.67. The van der Waals surface area contributed by atoms with Gasteiger partial charge in [-0.15, -0.1) is 10.2 Å². The Morgan fingerprint density at radius 2 is 1.72 bits per heavy atom. The molecule has 1 heterocycles. The second-order valence-corrected chi connectivity index (χ2v) is 4.74. The van der Waals surface area contributed by atoms with Gasteiger partial charge in [0.25, 0.3) is 0 Å². The van der Waals surface area contributed by atoms with E-state index in [0.29, 0.717) is 0 Å². The fraction of sp³-hybridized carbons (Fsp3) is 0.0769. The highest BCUT2D eigenvalue weighted by molar-refractivity contribution is 9.10. The molecule has 0 amide bonds. The van der Waals surface area contributed by atoms with Crippen LogP contribution in [0.25, 0.3) is 16.7 Å². The molecular weight excluding hydrogens is 294 g/mol. The van der Waals surface area contributed by atoms with Gasteiger partial charge in [0.05, 0.1) is 12.8 Å². The van der Waals surface area contributed by atoms with Crippen LogP contribution < -0.4 is 4.74 Å². The highest BCUT2D eigenvalue weighted by Crippen LogP contribution is 2.19. The maximum absolute atomic E-state index is 5.12. The van der Waals surface area contributed by atoms with Gasteiger partial charge < -0.3 is 4.74 Å². The molecule has 0 fully saturated rings. The number of hydrogen-bond donors (Lipinski definition) is 0. The van der Waals surface area contributed by atoms with E-state index in [-0.39, 0.29) is 0 Å². The number of ether oxygens (including phenoxy) is 1. The minimum Gasteiger partial charge on any atom is -0.497 e. The summed E-state index contributed by atoms with van der Waals surface area (Å²) in [4.78, 5) is 1.62. The molecule has 90 valence electrons. The molecule has 18 heavy (non-hydrogen) atoms. The van der Waals surface area contributed by atoms with E-state index in [9.17, 15) is 0 Å². The van der Waals surface area contributed by atoms with Crippen LogP contribution >= 0.6 is 15.9 Å². The number of nitrogens with zero attached hydrogens (tertiary/aromatic N) is 3. The van der Waals surface area contributed by atoms with Gasteiger partial charge in [0.2, 0.25) is 0 Å². The second-order valence-electron chi connectivity index (χ2n) is 3.82. The third-order valence-corrected chi connectivity index (χ3v) is 3.14. The molecule has 0 aliphatic heterocycles. The maximum Gasteiger partial charge on any atom is 0.119 e. The third kappa shape index (κ3) is 1.97. The summed E-state index contributed by atoms with van der Waals surface area (Å²) in [5.41, 5.74) is 2.64. The van der Waals surface area contributed by atoms with E-state index >= 15 is 0 Å². The molecule has 4 nitrogen and oxygen atoms in total. The fourth-order valence-electron chi connectivity index (χ4n) is 1.72. The Kier molecular flexibility index (Phi) is 2.76. The lowest BCUT2D eigenvalue weighted by atomic mass is 10.3. The number of halogens is 1. The Hall–Kier alpha value is -1.88. The number of hydrogen-bond acceptors (Lipinski definition) is 3. The Morgan fingerprint density at radius 1 is 1.00 bits per heavy atom.